The monoisotopic (exact) mass is 422 g/mol. The quantitative estimate of drug-likeness (QED) is 0.380. The van der Waals surface area contributed by atoms with Gasteiger partial charge in [0.25, 0.3) is 0 Å². The van der Waals surface area contributed by atoms with Gasteiger partial charge in [0.15, 0.2) is 17.1 Å². The van der Waals surface area contributed by atoms with Gasteiger partial charge in [-0.25, -0.2) is 9.67 Å². The molecule has 0 aliphatic heterocycles. The van der Waals surface area contributed by atoms with Crippen molar-refractivity contribution in [1.29, 1.82) is 0 Å². The first kappa shape index (κ1) is 17.8. The summed E-state index contributed by atoms with van der Waals surface area (Å²) in [5.74, 6) is 0.701. The predicted molar refractivity (Wildman–Crippen MR) is 121 cm³/mol. The van der Waals surface area contributed by atoms with Crippen molar-refractivity contribution in [2.45, 2.75) is 0 Å². The Labute approximate surface area is 182 Å². The molecule has 31 heavy (non-hydrogen) atoms. The Morgan fingerprint density at radius 3 is 2.13 bits per heavy atom. The van der Waals surface area contributed by atoms with Gasteiger partial charge in [-0.3, -0.25) is 4.40 Å². The molecule has 0 amide bonds. The van der Waals surface area contributed by atoms with Gasteiger partial charge in [0.1, 0.15) is 12.0 Å². The Bertz CT molecular complexity index is 1520. The van der Waals surface area contributed by atoms with E-state index in [0.717, 1.165) is 33.5 Å². The van der Waals surface area contributed by atoms with Gasteiger partial charge >= 0.3 is 0 Å². The summed E-state index contributed by atoms with van der Waals surface area (Å²) in [6.07, 6.45) is 1.75. The Morgan fingerprint density at radius 1 is 0.677 bits per heavy atom. The molecule has 7 heteroatoms. The number of hydrogen-bond donors (Lipinski definition) is 0. The molecule has 3 aromatic carbocycles. The summed E-state index contributed by atoms with van der Waals surface area (Å²) in [6, 6.07) is 27.6. The molecule has 3 heterocycles. The van der Waals surface area contributed by atoms with Crippen LogP contribution in [0.25, 0.3) is 45.0 Å². The zero-order chi connectivity index (χ0) is 20.8. The van der Waals surface area contributed by atoms with E-state index < -0.39 is 0 Å². The SMILES string of the molecule is Clc1ccc(-c2nnc3c4c(-c5ccccc5)nn(-c5ccccc5)c4ncn23)cc1. The zero-order valence-corrected chi connectivity index (χ0v) is 17.0. The van der Waals surface area contributed by atoms with Crippen LogP contribution in [0.5, 0.6) is 0 Å². The summed E-state index contributed by atoms with van der Waals surface area (Å²) in [4.78, 5) is 4.77. The first-order valence-electron chi connectivity index (χ1n) is 9.79. The van der Waals surface area contributed by atoms with E-state index in [9.17, 15) is 0 Å². The largest absolute Gasteiger partial charge is 0.265 e. The molecule has 0 aliphatic rings. The van der Waals surface area contributed by atoms with E-state index in [0.29, 0.717) is 16.5 Å². The van der Waals surface area contributed by atoms with E-state index in [1.54, 1.807) is 6.33 Å². The van der Waals surface area contributed by atoms with Crippen molar-refractivity contribution >= 4 is 28.3 Å². The molecule has 0 aliphatic carbocycles. The van der Waals surface area contributed by atoms with E-state index in [2.05, 4.69) is 10.2 Å². The molecule has 6 aromatic rings. The van der Waals surface area contributed by atoms with Gasteiger partial charge in [0, 0.05) is 16.1 Å². The van der Waals surface area contributed by atoms with Crippen LogP contribution in [-0.4, -0.2) is 29.4 Å². The molecule has 0 atom stereocenters. The van der Waals surface area contributed by atoms with Gasteiger partial charge in [0.05, 0.1) is 11.1 Å². The minimum atomic E-state index is 0.675. The Balaban J connectivity index is 1.68. The average molecular weight is 423 g/mol. The second kappa shape index (κ2) is 7.04. The highest BCUT2D eigenvalue weighted by Gasteiger charge is 2.21. The van der Waals surface area contributed by atoms with Crippen LogP contribution in [0.1, 0.15) is 0 Å². The van der Waals surface area contributed by atoms with Crippen molar-refractivity contribution in [2.75, 3.05) is 0 Å². The maximum atomic E-state index is 6.05. The number of nitrogens with zero attached hydrogens (tertiary/aromatic N) is 6. The Hall–Kier alpha value is -4.03. The minimum absolute atomic E-state index is 0.675. The van der Waals surface area contributed by atoms with Crippen molar-refractivity contribution in [3.63, 3.8) is 0 Å². The molecule has 0 fully saturated rings. The normalized spacial score (nSPS) is 11.4. The Kier molecular flexibility index (Phi) is 4.04. The predicted octanol–water partition coefficient (Wildman–Crippen LogP) is 5.45. The van der Waals surface area contributed by atoms with Gasteiger partial charge < -0.3 is 0 Å². The van der Waals surface area contributed by atoms with Crippen LogP contribution in [0, 0.1) is 0 Å². The molecular formula is C24H15ClN6. The number of aromatic nitrogens is 6. The molecule has 0 N–H and O–H groups in total. The molecule has 148 valence electrons. The zero-order valence-electron chi connectivity index (χ0n) is 16.2. The maximum Gasteiger partial charge on any atom is 0.175 e. The molecule has 0 radical (unpaired) electrons. The van der Waals surface area contributed by atoms with Crippen LogP contribution in [0.2, 0.25) is 5.02 Å². The van der Waals surface area contributed by atoms with Crippen LogP contribution in [0.15, 0.2) is 91.3 Å². The average Bonchev–Trinajstić information content (AvgIpc) is 3.42. The van der Waals surface area contributed by atoms with Crippen molar-refractivity contribution in [2.24, 2.45) is 0 Å². The first-order valence-corrected chi connectivity index (χ1v) is 10.2. The van der Waals surface area contributed by atoms with Crippen LogP contribution < -0.4 is 0 Å². The van der Waals surface area contributed by atoms with Gasteiger partial charge in [-0.05, 0) is 36.4 Å². The van der Waals surface area contributed by atoms with E-state index in [1.165, 1.54) is 0 Å². The summed E-state index contributed by atoms with van der Waals surface area (Å²) in [7, 11) is 0. The number of rotatable bonds is 3. The minimum Gasteiger partial charge on any atom is -0.265 e. The summed E-state index contributed by atoms with van der Waals surface area (Å²) < 4.78 is 3.75. The fourth-order valence-electron chi connectivity index (χ4n) is 3.76. The highest BCUT2D eigenvalue weighted by atomic mass is 35.5. The van der Waals surface area contributed by atoms with Crippen LogP contribution in [0.4, 0.5) is 0 Å². The van der Waals surface area contributed by atoms with E-state index in [4.69, 9.17) is 21.7 Å². The van der Waals surface area contributed by atoms with Crippen molar-refractivity contribution in [3.05, 3.63) is 96.3 Å². The highest BCUT2D eigenvalue weighted by molar-refractivity contribution is 6.30. The summed E-state index contributed by atoms with van der Waals surface area (Å²) in [6.45, 7) is 0. The fourth-order valence-corrected chi connectivity index (χ4v) is 3.89. The molecule has 0 saturated carbocycles. The number of para-hydroxylation sites is 1. The van der Waals surface area contributed by atoms with Crippen LogP contribution >= 0.6 is 11.6 Å². The van der Waals surface area contributed by atoms with Crippen molar-refractivity contribution in [1.82, 2.24) is 29.4 Å². The van der Waals surface area contributed by atoms with E-state index in [1.807, 2.05) is 94.0 Å². The molecule has 0 saturated heterocycles. The van der Waals surface area contributed by atoms with Crippen molar-refractivity contribution < 1.29 is 0 Å². The van der Waals surface area contributed by atoms with Gasteiger partial charge in [0.2, 0.25) is 0 Å². The van der Waals surface area contributed by atoms with Crippen molar-refractivity contribution in [3.8, 4) is 28.3 Å². The lowest BCUT2D eigenvalue weighted by atomic mass is 10.1. The Morgan fingerprint density at radius 2 is 1.39 bits per heavy atom. The molecule has 3 aromatic heterocycles. The highest BCUT2D eigenvalue weighted by Crippen LogP contribution is 2.32. The fraction of sp³-hybridized carbons (Fsp3) is 0. The third kappa shape index (κ3) is 2.88. The second-order valence-corrected chi connectivity index (χ2v) is 7.57. The van der Waals surface area contributed by atoms with Gasteiger partial charge in [-0.15, -0.1) is 10.2 Å². The number of hydrogen-bond acceptors (Lipinski definition) is 4. The topological polar surface area (TPSA) is 60.9 Å². The number of halogens is 1. The molecular weight excluding hydrogens is 408 g/mol. The molecule has 0 bridgehead atoms. The molecule has 6 rings (SSSR count). The number of fused-ring (bicyclic) bond motifs is 3. The molecule has 6 nitrogen and oxygen atoms in total. The smallest absolute Gasteiger partial charge is 0.175 e. The molecule has 0 spiro atoms. The summed E-state index contributed by atoms with van der Waals surface area (Å²) in [5.41, 5.74) is 5.09. The third-order valence-electron chi connectivity index (χ3n) is 5.23. The standard InChI is InChI=1S/C24H15ClN6/c25-18-13-11-17(12-14-18)22-27-28-24-20-21(16-7-3-1-4-8-16)29-31(19-9-5-2-6-10-19)23(20)26-15-30(22)24/h1-15H. The first-order chi connectivity index (χ1) is 15.3. The van der Waals surface area contributed by atoms with Crippen LogP contribution in [-0.2, 0) is 0 Å². The summed E-state index contributed by atoms with van der Waals surface area (Å²) in [5, 5.41) is 15.4. The van der Waals surface area contributed by atoms with Gasteiger partial charge in [-0.1, -0.05) is 60.1 Å². The van der Waals surface area contributed by atoms with E-state index in [-0.39, 0.29) is 0 Å². The van der Waals surface area contributed by atoms with Crippen LogP contribution in [0.3, 0.4) is 0 Å². The van der Waals surface area contributed by atoms with E-state index >= 15 is 0 Å². The lowest BCUT2D eigenvalue weighted by Gasteiger charge is -2.03. The second-order valence-electron chi connectivity index (χ2n) is 7.13. The molecule has 0 unspecified atom stereocenters. The maximum absolute atomic E-state index is 6.05. The lowest BCUT2D eigenvalue weighted by Crippen LogP contribution is -1.98. The van der Waals surface area contributed by atoms with Gasteiger partial charge in [-0.2, -0.15) is 5.10 Å². The number of benzene rings is 3. The lowest BCUT2D eigenvalue weighted by molar-refractivity contribution is 0.897. The summed E-state index contributed by atoms with van der Waals surface area (Å²) >= 11 is 6.05. The third-order valence-corrected chi connectivity index (χ3v) is 5.48.